The highest BCUT2D eigenvalue weighted by Crippen LogP contribution is 2.41. The zero-order chi connectivity index (χ0) is 14.4. The number of benzene rings is 1. The van der Waals surface area contributed by atoms with Gasteiger partial charge in [0.05, 0.1) is 12.1 Å². The average Bonchev–Trinajstić information content (AvgIpc) is 2.96. The summed E-state index contributed by atoms with van der Waals surface area (Å²) in [5, 5.41) is 0. The van der Waals surface area contributed by atoms with Crippen LogP contribution in [0.15, 0.2) is 30.6 Å². The number of pyridine rings is 1. The third-order valence-corrected chi connectivity index (χ3v) is 4.79. The van der Waals surface area contributed by atoms with Gasteiger partial charge in [0.2, 0.25) is 0 Å². The summed E-state index contributed by atoms with van der Waals surface area (Å²) in [5.74, 6) is 0.873. The summed E-state index contributed by atoms with van der Waals surface area (Å²) in [6.07, 6.45) is 6.73. The fraction of sp³-hybridized carbons (Fsp3) is 0.294. The Bertz CT molecular complexity index is 742. The van der Waals surface area contributed by atoms with Gasteiger partial charge in [-0.25, -0.2) is 0 Å². The van der Waals surface area contributed by atoms with E-state index in [2.05, 4.69) is 22.0 Å². The minimum absolute atomic E-state index is 0.873. The van der Waals surface area contributed by atoms with Gasteiger partial charge in [0.1, 0.15) is 5.75 Å². The van der Waals surface area contributed by atoms with Crippen molar-refractivity contribution in [2.45, 2.75) is 19.3 Å². The number of methoxy groups -OCH3 is 1. The molecule has 0 bridgehead atoms. The molecule has 3 nitrogen and oxygen atoms in total. The number of rotatable bonds is 2. The van der Waals surface area contributed by atoms with Crippen molar-refractivity contribution in [3.8, 4) is 16.9 Å². The van der Waals surface area contributed by atoms with Gasteiger partial charge in [-0.15, -0.1) is 0 Å². The summed E-state index contributed by atoms with van der Waals surface area (Å²) in [4.78, 5) is 7.65. The predicted octanol–water partition coefficient (Wildman–Crippen LogP) is 3.39. The molecule has 2 aliphatic heterocycles. The van der Waals surface area contributed by atoms with Gasteiger partial charge in [0, 0.05) is 36.6 Å². The van der Waals surface area contributed by atoms with Crippen molar-refractivity contribution in [2.24, 2.45) is 0 Å². The van der Waals surface area contributed by atoms with Crippen molar-refractivity contribution in [3.63, 3.8) is 0 Å². The van der Waals surface area contributed by atoms with E-state index in [9.17, 15) is 0 Å². The van der Waals surface area contributed by atoms with E-state index in [-0.39, 0.29) is 0 Å². The minimum atomic E-state index is 0.873. The van der Waals surface area contributed by atoms with Crippen LogP contribution >= 0.6 is 12.2 Å². The molecule has 4 rings (SSSR count). The molecule has 0 atom stereocenters. The molecule has 0 N–H and O–H groups in total. The quantitative estimate of drug-likeness (QED) is 0.793. The van der Waals surface area contributed by atoms with Crippen molar-refractivity contribution < 1.29 is 4.74 Å². The lowest BCUT2D eigenvalue weighted by atomic mass is 9.94. The molecule has 0 amide bonds. The summed E-state index contributed by atoms with van der Waals surface area (Å²) in [5.41, 5.74) is 6.42. The maximum absolute atomic E-state index is 5.50. The van der Waals surface area contributed by atoms with E-state index in [1.165, 1.54) is 22.4 Å². The van der Waals surface area contributed by atoms with Gasteiger partial charge in [0.25, 0.3) is 0 Å². The predicted molar refractivity (Wildman–Crippen MR) is 88.2 cm³/mol. The number of aromatic nitrogens is 1. The van der Waals surface area contributed by atoms with Crippen molar-refractivity contribution in [1.29, 1.82) is 0 Å². The topological polar surface area (TPSA) is 25.4 Å². The standard InChI is InChI=1S/C17H16N2OS/c1-20-15-4-6-18-10-14(15)13-8-11-2-3-16(21)19-7-5-12(9-13)17(11)19/h4,6,8-10H,2-3,5,7H2,1H3. The summed E-state index contributed by atoms with van der Waals surface area (Å²) < 4.78 is 5.47. The summed E-state index contributed by atoms with van der Waals surface area (Å²) in [7, 11) is 1.70. The lowest BCUT2D eigenvalue weighted by molar-refractivity contribution is 0.416. The van der Waals surface area contributed by atoms with Gasteiger partial charge in [-0.05, 0) is 47.7 Å². The van der Waals surface area contributed by atoms with E-state index in [4.69, 9.17) is 17.0 Å². The van der Waals surface area contributed by atoms with Crippen LogP contribution < -0.4 is 9.64 Å². The van der Waals surface area contributed by atoms with Crippen LogP contribution in [0.1, 0.15) is 17.5 Å². The van der Waals surface area contributed by atoms with E-state index in [0.29, 0.717) is 0 Å². The van der Waals surface area contributed by atoms with Crippen molar-refractivity contribution >= 4 is 22.9 Å². The van der Waals surface area contributed by atoms with Gasteiger partial charge >= 0.3 is 0 Å². The van der Waals surface area contributed by atoms with Crippen LogP contribution in [-0.2, 0) is 12.8 Å². The first-order chi connectivity index (χ1) is 10.3. The van der Waals surface area contributed by atoms with Gasteiger partial charge < -0.3 is 9.64 Å². The van der Waals surface area contributed by atoms with Gasteiger partial charge in [-0.1, -0.05) is 12.2 Å². The number of thiocarbonyl (C=S) groups is 1. The number of anilines is 1. The van der Waals surface area contributed by atoms with E-state index >= 15 is 0 Å². The van der Waals surface area contributed by atoms with Gasteiger partial charge in [-0.2, -0.15) is 0 Å². The molecular weight excluding hydrogens is 280 g/mol. The van der Waals surface area contributed by atoms with Crippen molar-refractivity contribution in [2.75, 3.05) is 18.6 Å². The van der Waals surface area contributed by atoms with E-state index in [1.807, 2.05) is 12.3 Å². The summed E-state index contributed by atoms with van der Waals surface area (Å²) in [6, 6.07) is 6.46. The molecule has 106 valence electrons. The van der Waals surface area contributed by atoms with Gasteiger partial charge in [-0.3, -0.25) is 4.98 Å². The van der Waals surface area contributed by atoms with E-state index in [1.54, 1.807) is 13.3 Å². The van der Waals surface area contributed by atoms with Gasteiger partial charge in [0.15, 0.2) is 0 Å². The van der Waals surface area contributed by atoms with E-state index in [0.717, 1.165) is 42.1 Å². The molecule has 0 aliphatic carbocycles. The Labute approximate surface area is 129 Å². The normalized spacial score (nSPS) is 16.0. The highest BCUT2D eigenvalue weighted by molar-refractivity contribution is 7.80. The van der Waals surface area contributed by atoms with E-state index < -0.39 is 0 Å². The highest BCUT2D eigenvalue weighted by atomic mass is 32.1. The molecule has 4 heteroatoms. The number of hydrogen-bond acceptors (Lipinski definition) is 3. The number of hydrogen-bond donors (Lipinski definition) is 0. The zero-order valence-electron chi connectivity index (χ0n) is 11.9. The minimum Gasteiger partial charge on any atom is -0.496 e. The maximum atomic E-state index is 5.50. The molecule has 3 heterocycles. The van der Waals surface area contributed by atoms with Crippen LogP contribution in [0.2, 0.25) is 0 Å². The first-order valence-corrected chi connectivity index (χ1v) is 7.63. The van der Waals surface area contributed by atoms with Crippen LogP contribution in [0, 0.1) is 0 Å². The molecule has 1 aromatic carbocycles. The molecule has 0 spiro atoms. The largest absolute Gasteiger partial charge is 0.496 e. The van der Waals surface area contributed by atoms with Crippen LogP contribution in [0.5, 0.6) is 5.75 Å². The molecule has 0 unspecified atom stereocenters. The number of nitrogens with zero attached hydrogens (tertiary/aromatic N) is 2. The Hall–Kier alpha value is -1.94. The first kappa shape index (κ1) is 12.8. The molecular formula is C17H16N2OS. The molecule has 0 saturated heterocycles. The maximum Gasteiger partial charge on any atom is 0.129 e. The van der Waals surface area contributed by atoms with Crippen molar-refractivity contribution in [1.82, 2.24) is 4.98 Å². The van der Waals surface area contributed by atoms with Crippen LogP contribution in [0.3, 0.4) is 0 Å². The second-order valence-electron chi connectivity index (χ2n) is 5.51. The Morgan fingerprint density at radius 2 is 2.00 bits per heavy atom. The molecule has 0 radical (unpaired) electrons. The molecule has 21 heavy (non-hydrogen) atoms. The third kappa shape index (κ3) is 1.94. The Morgan fingerprint density at radius 1 is 1.19 bits per heavy atom. The molecule has 2 aromatic rings. The third-order valence-electron chi connectivity index (χ3n) is 4.36. The smallest absolute Gasteiger partial charge is 0.129 e. The molecule has 1 aromatic heterocycles. The second-order valence-corrected chi connectivity index (χ2v) is 5.99. The van der Waals surface area contributed by atoms with Crippen LogP contribution in [-0.4, -0.2) is 23.6 Å². The summed E-state index contributed by atoms with van der Waals surface area (Å²) in [6.45, 7) is 1.02. The average molecular weight is 296 g/mol. The Kier molecular flexibility index (Phi) is 2.93. The monoisotopic (exact) mass is 296 g/mol. The lowest BCUT2D eigenvalue weighted by Gasteiger charge is -2.28. The SMILES string of the molecule is COc1ccncc1-c1cc2c3c(c1)CCN3C(=S)CC2. The number of aryl methyl sites for hydroxylation is 1. The fourth-order valence-corrected chi connectivity index (χ4v) is 3.67. The lowest BCUT2D eigenvalue weighted by Crippen LogP contribution is -2.31. The Balaban J connectivity index is 1.88. The molecule has 0 fully saturated rings. The number of ether oxygens (including phenoxy) is 1. The second kappa shape index (κ2) is 4.81. The first-order valence-electron chi connectivity index (χ1n) is 7.22. The summed E-state index contributed by atoms with van der Waals surface area (Å²) >= 11 is 5.50. The highest BCUT2D eigenvalue weighted by Gasteiger charge is 2.29. The molecule has 0 saturated carbocycles. The molecule has 2 aliphatic rings. The Morgan fingerprint density at radius 3 is 2.81 bits per heavy atom. The van der Waals surface area contributed by atoms with Crippen LogP contribution in [0.25, 0.3) is 11.1 Å². The van der Waals surface area contributed by atoms with Crippen LogP contribution in [0.4, 0.5) is 5.69 Å². The fourth-order valence-electron chi connectivity index (χ4n) is 3.39. The van der Waals surface area contributed by atoms with Crippen molar-refractivity contribution in [3.05, 3.63) is 41.7 Å². The zero-order valence-corrected chi connectivity index (χ0v) is 12.7.